The van der Waals surface area contributed by atoms with Crippen LogP contribution in [0.5, 0.6) is 0 Å². The zero-order valence-corrected chi connectivity index (χ0v) is 16.4. The van der Waals surface area contributed by atoms with Crippen LogP contribution in [0.15, 0.2) is 65.1 Å². The van der Waals surface area contributed by atoms with Gasteiger partial charge in [-0.1, -0.05) is 17.7 Å². The third-order valence-electron chi connectivity index (χ3n) is 3.77. The molecule has 0 spiro atoms. The van der Waals surface area contributed by atoms with Gasteiger partial charge < -0.3 is 5.32 Å². The molecule has 0 unspecified atom stereocenters. The molecule has 0 radical (unpaired) electrons. The Morgan fingerprint density at radius 2 is 1.93 bits per heavy atom. The van der Waals surface area contributed by atoms with E-state index in [0.717, 1.165) is 0 Å². The Labute approximate surface area is 168 Å². The molecule has 1 aromatic carbocycles. The molecule has 0 atom stereocenters. The van der Waals surface area contributed by atoms with E-state index in [4.69, 9.17) is 11.6 Å². The molecule has 142 valence electrons. The normalized spacial score (nSPS) is 11.5. The van der Waals surface area contributed by atoms with E-state index in [2.05, 4.69) is 20.1 Å². The minimum absolute atomic E-state index is 0.0476. The number of rotatable bonds is 5. The fourth-order valence-corrected chi connectivity index (χ4v) is 4.53. The van der Waals surface area contributed by atoms with Crippen LogP contribution in [0.4, 0.5) is 10.8 Å². The fraction of sp³-hybridized carbons (Fsp3) is 0. The van der Waals surface area contributed by atoms with E-state index in [1.165, 1.54) is 46.3 Å². The van der Waals surface area contributed by atoms with Crippen molar-refractivity contribution in [1.82, 2.24) is 14.6 Å². The maximum atomic E-state index is 12.5. The molecule has 3 heterocycles. The molecule has 0 aliphatic carbocycles. The van der Waals surface area contributed by atoms with E-state index in [1.807, 2.05) is 0 Å². The van der Waals surface area contributed by atoms with Crippen molar-refractivity contribution in [3.8, 4) is 0 Å². The molecule has 1 amide bonds. The molecule has 2 N–H and O–H groups in total. The van der Waals surface area contributed by atoms with Crippen molar-refractivity contribution in [3.63, 3.8) is 0 Å². The van der Waals surface area contributed by atoms with Gasteiger partial charge in [0.25, 0.3) is 15.9 Å². The summed E-state index contributed by atoms with van der Waals surface area (Å²) in [5, 5.41) is 9.01. The van der Waals surface area contributed by atoms with Gasteiger partial charge >= 0.3 is 0 Å². The van der Waals surface area contributed by atoms with Gasteiger partial charge in [-0.2, -0.15) is 5.10 Å². The number of carbonyl (C=O) groups is 1. The number of anilines is 2. The average molecular weight is 434 g/mol. The van der Waals surface area contributed by atoms with Gasteiger partial charge in [0.15, 0.2) is 10.8 Å². The Morgan fingerprint density at radius 3 is 2.61 bits per heavy atom. The first kappa shape index (κ1) is 18.4. The SMILES string of the molecule is O=C(Nc1ccc(S(=O)(=O)Nc2nccs2)cc1)c1nn2ccccc2c1Cl. The smallest absolute Gasteiger partial charge is 0.277 e. The molecule has 0 aliphatic heterocycles. The highest BCUT2D eigenvalue weighted by Gasteiger charge is 2.19. The molecule has 0 bridgehead atoms. The van der Waals surface area contributed by atoms with Gasteiger partial charge in [-0.15, -0.1) is 11.3 Å². The Hall–Kier alpha value is -2.95. The standard InChI is InChI=1S/C17H12ClN5O3S2/c18-14-13-3-1-2-9-23(13)21-15(14)16(24)20-11-4-6-12(7-5-11)28(25,26)22-17-19-8-10-27-17/h1-10H,(H,19,22)(H,20,24). The highest BCUT2D eigenvalue weighted by molar-refractivity contribution is 7.93. The monoisotopic (exact) mass is 433 g/mol. The van der Waals surface area contributed by atoms with Gasteiger partial charge in [0.05, 0.1) is 15.4 Å². The van der Waals surface area contributed by atoms with Crippen molar-refractivity contribution in [1.29, 1.82) is 0 Å². The minimum Gasteiger partial charge on any atom is -0.321 e. The lowest BCUT2D eigenvalue weighted by Gasteiger charge is -2.07. The molecule has 3 aromatic heterocycles. The zero-order chi connectivity index (χ0) is 19.7. The zero-order valence-electron chi connectivity index (χ0n) is 14.0. The number of fused-ring (bicyclic) bond motifs is 1. The van der Waals surface area contributed by atoms with Crippen molar-refractivity contribution >= 4 is 55.2 Å². The van der Waals surface area contributed by atoms with Crippen LogP contribution in [0.25, 0.3) is 5.52 Å². The van der Waals surface area contributed by atoms with Crippen molar-refractivity contribution in [3.05, 3.63) is 71.0 Å². The van der Waals surface area contributed by atoms with E-state index in [-0.39, 0.29) is 20.7 Å². The van der Waals surface area contributed by atoms with Gasteiger partial charge in [0, 0.05) is 23.5 Å². The number of hydrogen-bond donors (Lipinski definition) is 2. The second-order valence-electron chi connectivity index (χ2n) is 5.61. The van der Waals surface area contributed by atoms with Crippen LogP contribution >= 0.6 is 22.9 Å². The largest absolute Gasteiger partial charge is 0.321 e. The van der Waals surface area contributed by atoms with Gasteiger partial charge in [-0.3, -0.25) is 9.52 Å². The lowest BCUT2D eigenvalue weighted by atomic mass is 10.3. The quantitative estimate of drug-likeness (QED) is 0.501. The van der Waals surface area contributed by atoms with Crippen molar-refractivity contribution in [2.75, 3.05) is 10.0 Å². The molecular formula is C17H12ClN5O3S2. The van der Waals surface area contributed by atoms with Crippen LogP contribution in [0.1, 0.15) is 10.5 Å². The number of pyridine rings is 1. The van der Waals surface area contributed by atoms with E-state index >= 15 is 0 Å². The summed E-state index contributed by atoms with van der Waals surface area (Å²) in [5.41, 5.74) is 1.10. The van der Waals surface area contributed by atoms with Crippen molar-refractivity contribution in [2.24, 2.45) is 0 Å². The molecule has 28 heavy (non-hydrogen) atoms. The van der Waals surface area contributed by atoms with Gasteiger partial charge in [0.1, 0.15) is 0 Å². The third-order valence-corrected chi connectivity index (χ3v) is 6.32. The first-order valence-corrected chi connectivity index (χ1v) is 10.6. The highest BCUT2D eigenvalue weighted by Crippen LogP contribution is 2.23. The molecule has 0 fully saturated rings. The summed E-state index contributed by atoms with van der Waals surface area (Å²) in [4.78, 5) is 16.4. The number of hydrogen-bond acceptors (Lipinski definition) is 6. The van der Waals surface area contributed by atoms with Crippen molar-refractivity contribution < 1.29 is 13.2 Å². The third kappa shape index (κ3) is 3.57. The number of nitrogens with one attached hydrogen (secondary N) is 2. The van der Waals surface area contributed by atoms with Crippen LogP contribution in [0.2, 0.25) is 5.02 Å². The number of halogens is 1. The summed E-state index contributed by atoms with van der Waals surface area (Å²) in [6.07, 6.45) is 3.19. The highest BCUT2D eigenvalue weighted by atomic mass is 35.5. The van der Waals surface area contributed by atoms with Gasteiger partial charge in [-0.05, 0) is 36.4 Å². The summed E-state index contributed by atoms with van der Waals surface area (Å²) in [5.74, 6) is -0.495. The molecular weight excluding hydrogens is 422 g/mol. The maximum Gasteiger partial charge on any atom is 0.277 e. The molecule has 0 aliphatic rings. The Kier molecular flexibility index (Phi) is 4.75. The number of nitrogens with zero attached hydrogens (tertiary/aromatic N) is 3. The number of amides is 1. The topological polar surface area (TPSA) is 105 Å². The van der Waals surface area contributed by atoms with Crippen LogP contribution < -0.4 is 10.0 Å². The fourth-order valence-electron chi connectivity index (χ4n) is 2.47. The van der Waals surface area contributed by atoms with Gasteiger partial charge in [-0.25, -0.2) is 17.9 Å². The lowest BCUT2D eigenvalue weighted by Crippen LogP contribution is -2.14. The predicted molar refractivity (Wildman–Crippen MR) is 108 cm³/mol. The Bertz CT molecular complexity index is 1250. The molecule has 4 rings (SSSR count). The number of aromatic nitrogens is 3. The number of benzene rings is 1. The van der Waals surface area contributed by atoms with Crippen LogP contribution in [-0.2, 0) is 10.0 Å². The summed E-state index contributed by atoms with van der Waals surface area (Å²) >= 11 is 7.41. The first-order valence-electron chi connectivity index (χ1n) is 7.91. The molecule has 0 saturated heterocycles. The molecule has 0 saturated carbocycles. The minimum atomic E-state index is -3.76. The Balaban J connectivity index is 1.52. The van der Waals surface area contributed by atoms with Crippen molar-refractivity contribution in [2.45, 2.75) is 4.90 Å². The summed E-state index contributed by atoms with van der Waals surface area (Å²) in [6, 6.07) is 11.1. The van der Waals surface area contributed by atoms with E-state index < -0.39 is 15.9 Å². The van der Waals surface area contributed by atoms with E-state index in [0.29, 0.717) is 11.2 Å². The Morgan fingerprint density at radius 1 is 1.14 bits per heavy atom. The summed E-state index contributed by atoms with van der Waals surface area (Å²) in [7, 11) is -3.76. The van der Waals surface area contributed by atoms with Crippen LogP contribution in [-0.4, -0.2) is 28.9 Å². The number of carbonyl (C=O) groups excluding carboxylic acids is 1. The summed E-state index contributed by atoms with van der Waals surface area (Å²) in [6.45, 7) is 0. The number of sulfonamides is 1. The molecule has 4 aromatic rings. The maximum absolute atomic E-state index is 12.5. The second kappa shape index (κ2) is 7.23. The lowest BCUT2D eigenvalue weighted by molar-refractivity contribution is 0.102. The average Bonchev–Trinajstić information content (AvgIpc) is 3.30. The van der Waals surface area contributed by atoms with Crippen LogP contribution in [0, 0.1) is 0 Å². The first-order chi connectivity index (χ1) is 13.4. The molecule has 11 heteroatoms. The molecule has 8 nitrogen and oxygen atoms in total. The van der Waals surface area contributed by atoms with Gasteiger partial charge in [0.2, 0.25) is 0 Å². The second-order valence-corrected chi connectivity index (χ2v) is 8.57. The van der Waals surface area contributed by atoms with Crippen LogP contribution in [0.3, 0.4) is 0 Å². The summed E-state index contributed by atoms with van der Waals surface area (Å²) < 4.78 is 28.6. The predicted octanol–water partition coefficient (Wildman–Crippen LogP) is 3.50. The number of thiazole rings is 1. The van der Waals surface area contributed by atoms with E-state index in [1.54, 1.807) is 29.8 Å². The van der Waals surface area contributed by atoms with E-state index in [9.17, 15) is 13.2 Å².